The first kappa shape index (κ1) is 10.5. The van der Waals surface area contributed by atoms with E-state index in [0.717, 1.165) is 5.56 Å². The van der Waals surface area contributed by atoms with Crippen LogP contribution in [0.1, 0.15) is 21.5 Å². The van der Waals surface area contributed by atoms with Gasteiger partial charge in [0.1, 0.15) is 0 Å². The lowest BCUT2D eigenvalue weighted by Gasteiger charge is -2.04. The first-order valence-electron chi connectivity index (χ1n) is 4.27. The summed E-state index contributed by atoms with van der Waals surface area (Å²) in [6.07, 6.45) is 3.15. The Balaban J connectivity index is 3.22. The zero-order chi connectivity index (χ0) is 10.6. The van der Waals surface area contributed by atoms with Gasteiger partial charge in [0, 0.05) is 0 Å². The molecule has 2 N–H and O–H groups in total. The van der Waals surface area contributed by atoms with E-state index in [4.69, 9.17) is 10.2 Å². The molecule has 0 aliphatic heterocycles. The van der Waals surface area contributed by atoms with Crippen molar-refractivity contribution >= 4 is 12.0 Å². The van der Waals surface area contributed by atoms with Crippen LogP contribution in [0.2, 0.25) is 0 Å². The van der Waals surface area contributed by atoms with E-state index in [-0.39, 0.29) is 12.2 Å². The Labute approximate surface area is 82.3 Å². The molecule has 0 heterocycles. The average molecular weight is 192 g/mol. The molecule has 3 nitrogen and oxygen atoms in total. The van der Waals surface area contributed by atoms with Crippen LogP contribution in [0.3, 0.4) is 0 Å². The van der Waals surface area contributed by atoms with E-state index >= 15 is 0 Å². The van der Waals surface area contributed by atoms with Gasteiger partial charge >= 0.3 is 5.97 Å². The highest BCUT2D eigenvalue weighted by Crippen LogP contribution is 2.15. The van der Waals surface area contributed by atoms with E-state index in [0.29, 0.717) is 5.56 Å². The van der Waals surface area contributed by atoms with E-state index < -0.39 is 5.97 Å². The molecule has 0 fully saturated rings. The number of aromatic carboxylic acids is 1. The molecule has 0 aliphatic rings. The molecule has 0 aliphatic carbocycles. The van der Waals surface area contributed by atoms with Crippen molar-refractivity contribution in [3.8, 4) is 0 Å². The van der Waals surface area contributed by atoms with Gasteiger partial charge in [-0.05, 0) is 24.1 Å². The molecule has 0 bridgehead atoms. The lowest BCUT2D eigenvalue weighted by Crippen LogP contribution is -2.00. The SMILES string of the molecule is Cc1cccc(C(=O)O)c1C=CCO. The lowest BCUT2D eigenvalue weighted by molar-refractivity contribution is 0.0696. The van der Waals surface area contributed by atoms with Crippen molar-refractivity contribution < 1.29 is 15.0 Å². The van der Waals surface area contributed by atoms with Crippen LogP contribution in [-0.4, -0.2) is 22.8 Å². The Morgan fingerprint density at radius 2 is 2.21 bits per heavy atom. The van der Waals surface area contributed by atoms with Gasteiger partial charge in [0.2, 0.25) is 0 Å². The molecule has 0 spiro atoms. The maximum atomic E-state index is 10.8. The maximum absolute atomic E-state index is 10.8. The molecule has 14 heavy (non-hydrogen) atoms. The van der Waals surface area contributed by atoms with Gasteiger partial charge < -0.3 is 10.2 Å². The quantitative estimate of drug-likeness (QED) is 0.766. The number of rotatable bonds is 3. The van der Waals surface area contributed by atoms with Gasteiger partial charge in [-0.2, -0.15) is 0 Å². The van der Waals surface area contributed by atoms with Crippen LogP contribution in [0.25, 0.3) is 6.08 Å². The van der Waals surface area contributed by atoms with E-state index in [9.17, 15) is 4.79 Å². The van der Waals surface area contributed by atoms with Gasteiger partial charge in [-0.1, -0.05) is 24.3 Å². The van der Waals surface area contributed by atoms with Gasteiger partial charge in [0.25, 0.3) is 0 Å². The molecule has 0 saturated heterocycles. The second kappa shape index (κ2) is 4.58. The number of aryl methyl sites for hydroxylation is 1. The Bertz CT molecular complexity index is 367. The number of aliphatic hydroxyl groups excluding tert-OH is 1. The van der Waals surface area contributed by atoms with Gasteiger partial charge in [0.15, 0.2) is 0 Å². The number of hydrogen-bond acceptors (Lipinski definition) is 2. The highest BCUT2D eigenvalue weighted by Gasteiger charge is 2.08. The van der Waals surface area contributed by atoms with Crippen molar-refractivity contribution in [2.45, 2.75) is 6.92 Å². The fraction of sp³-hybridized carbons (Fsp3) is 0.182. The Hall–Kier alpha value is -1.61. The monoisotopic (exact) mass is 192 g/mol. The van der Waals surface area contributed by atoms with Crippen LogP contribution >= 0.6 is 0 Å². The fourth-order valence-corrected chi connectivity index (χ4v) is 1.26. The Morgan fingerprint density at radius 1 is 1.50 bits per heavy atom. The van der Waals surface area contributed by atoms with Crippen LogP contribution in [-0.2, 0) is 0 Å². The van der Waals surface area contributed by atoms with Gasteiger partial charge in [0.05, 0.1) is 12.2 Å². The highest BCUT2D eigenvalue weighted by molar-refractivity contribution is 5.92. The molecule has 0 saturated carbocycles. The van der Waals surface area contributed by atoms with Crippen molar-refractivity contribution in [3.05, 3.63) is 41.0 Å². The van der Waals surface area contributed by atoms with E-state index in [1.54, 1.807) is 18.2 Å². The molecule has 0 aromatic heterocycles. The molecular weight excluding hydrogens is 180 g/mol. The number of carbonyl (C=O) groups is 1. The van der Waals surface area contributed by atoms with Gasteiger partial charge in [-0.25, -0.2) is 4.79 Å². The summed E-state index contributed by atoms with van der Waals surface area (Å²) in [6.45, 7) is 1.75. The third-order valence-electron chi connectivity index (χ3n) is 1.94. The Morgan fingerprint density at radius 3 is 2.79 bits per heavy atom. The first-order chi connectivity index (χ1) is 6.66. The van der Waals surface area contributed by atoms with Crippen molar-refractivity contribution in [1.29, 1.82) is 0 Å². The van der Waals surface area contributed by atoms with E-state index in [1.165, 1.54) is 6.08 Å². The second-order valence-corrected chi connectivity index (χ2v) is 2.93. The largest absolute Gasteiger partial charge is 0.478 e. The molecule has 0 atom stereocenters. The maximum Gasteiger partial charge on any atom is 0.336 e. The summed E-state index contributed by atoms with van der Waals surface area (Å²) in [5.74, 6) is -0.953. The summed E-state index contributed by atoms with van der Waals surface area (Å²) in [5, 5.41) is 17.5. The summed E-state index contributed by atoms with van der Waals surface area (Å²) in [4.78, 5) is 10.8. The number of aliphatic hydroxyl groups is 1. The summed E-state index contributed by atoms with van der Waals surface area (Å²) in [7, 11) is 0. The average Bonchev–Trinajstić information content (AvgIpc) is 2.15. The summed E-state index contributed by atoms with van der Waals surface area (Å²) in [6, 6.07) is 5.09. The molecule has 1 aromatic carbocycles. The standard InChI is InChI=1S/C11H12O3/c1-8-4-2-5-10(11(13)14)9(8)6-3-7-12/h2-6,12H,7H2,1H3,(H,13,14). The number of benzene rings is 1. The van der Waals surface area contributed by atoms with Crippen LogP contribution in [0, 0.1) is 6.92 Å². The molecule has 0 radical (unpaired) electrons. The first-order valence-corrected chi connectivity index (χ1v) is 4.27. The van der Waals surface area contributed by atoms with Gasteiger partial charge in [-0.3, -0.25) is 0 Å². The third-order valence-corrected chi connectivity index (χ3v) is 1.94. The molecule has 0 amide bonds. The summed E-state index contributed by atoms with van der Waals surface area (Å²) < 4.78 is 0. The van der Waals surface area contributed by atoms with Crippen LogP contribution < -0.4 is 0 Å². The topological polar surface area (TPSA) is 57.5 Å². The van der Waals surface area contributed by atoms with Crippen molar-refractivity contribution in [3.63, 3.8) is 0 Å². The number of hydrogen-bond donors (Lipinski definition) is 2. The zero-order valence-corrected chi connectivity index (χ0v) is 7.90. The minimum Gasteiger partial charge on any atom is -0.478 e. The smallest absolute Gasteiger partial charge is 0.336 e. The predicted octanol–water partition coefficient (Wildman–Crippen LogP) is 1.70. The number of carboxylic acids is 1. The lowest BCUT2D eigenvalue weighted by atomic mass is 10.0. The molecule has 3 heteroatoms. The number of carboxylic acid groups (broad SMARTS) is 1. The molecular formula is C11H12O3. The molecule has 0 unspecified atom stereocenters. The summed E-state index contributed by atoms with van der Waals surface area (Å²) >= 11 is 0. The van der Waals surface area contributed by atoms with Crippen molar-refractivity contribution in [2.75, 3.05) is 6.61 Å². The Kier molecular flexibility index (Phi) is 3.42. The van der Waals surface area contributed by atoms with Crippen LogP contribution in [0.4, 0.5) is 0 Å². The van der Waals surface area contributed by atoms with Crippen LogP contribution in [0.5, 0.6) is 0 Å². The highest BCUT2D eigenvalue weighted by atomic mass is 16.4. The van der Waals surface area contributed by atoms with E-state index in [2.05, 4.69) is 0 Å². The molecule has 74 valence electrons. The van der Waals surface area contributed by atoms with E-state index in [1.807, 2.05) is 13.0 Å². The van der Waals surface area contributed by atoms with Gasteiger partial charge in [-0.15, -0.1) is 0 Å². The van der Waals surface area contributed by atoms with Crippen molar-refractivity contribution in [1.82, 2.24) is 0 Å². The van der Waals surface area contributed by atoms with Crippen molar-refractivity contribution in [2.24, 2.45) is 0 Å². The summed E-state index contributed by atoms with van der Waals surface area (Å²) in [5.41, 5.74) is 1.79. The zero-order valence-electron chi connectivity index (χ0n) is 7.90. The third kappa shape index (κ3) is 2.20. The predicted molar refractivity (Wildman–Crippen MR) is 54.3 cm³/mol. The molecule has 1 rings (SSSR count). The minimum absolute atomic E-state index is 0.0899. The second-order valence-electron chi connectivity index (χ2n) is 2.93. The normalized spacial score (nSPS) is 10.7. The molecule has 1 aromatic rings. The van der Waals surface area contributed by atoms with Crippen LogP contribution in [0.15, 0.2) is 24.3 Å². The minimum atomic E-state index is -0.953. The fourth-order valence-electron chi connectivity index (χ4n) is 1.26.